The van der Waals surface area contributed by atoms with Gasteiger partial charge in [-0.25, -0.2) is 0 Å². The summed E-state index contributed by atoms with van der Waals surface area (Å²) in [5.74, 6) is 0.686. The minimum Gasteiger partial charge on any atom is -0.480 e. The normalized spacial score (nSPS) is 23.3. The molecule has 2 atom stereocenters. The topological polar surface area (TPSA) is 79.5 Å². The summed E-state index contributed by atoms with van der Waals surface area (Å²) < 4.78 is 5.26. The van der Waals surface area contributed by atoms with Gasteiger partial charge in [-0.05, 0) is 36.8 Å². The van der Waals surface area contributed by atoms with Crippen molar-refractivity contribution >= 4 is 17.3 Å². The van der Waals surface area contributed by atoms with Crippen molar-refractivity contribution in [1.29, 1.82) is 0 Å². The van der Waals surface area contributed by atoms with Crippen LogP contribution in [-0.2, 0) is 11.3 Å². The molecule has 0 spiro atoms. The Morgan fingerprint density at radius 2 is 2.48 bits per heavy atom. The highest BCUT2D eigenvalue weighted by molar-refractivity contribution is 7.08. The van der Waals surface area contributed by atoms with E-state index in [4.69, 9.17) is 4.52 Å². The maximum Gasteiger partial charge on any atom is 0.320 e. The monoisotopic (exact) mass is 307 g/mol. The number of nitrogens with zero attached hydrogens (tertiary/aromatic N) is 3. The zero-order chi connectivity index (χ0) is 14.8. The molecule has 21 heavy (non-hydrogen) atoms. The molecule has 0 saturated carbocycles. The summed E-state index contributed by atoms with van der Waals surface area (Å²) in [4.78, 5) is 17.6. The minimum atomic E-state index is -0.779. The second-order valence-corrected chi connectivity index (χ2v) is 6.26. The lowest BCUT2D eigenvalue weighted by Gasteiger charge is -2.34. The Hall–Kier alpha value is -1.73. The summed E-state index contributed by atoms with van der Waals surface area (Å²) in [6.07, 6.45) is 1.66. The Labute approximate surface area is 126 Å². The molecule has 3 heterocycles. The first-order valence-corrected chi connectivity index (χ1v) is 7.90. The van der Waals surface area contributed by atoms with Crippen LogP contribution in [0.4, 0.5) is 0 Å². The van der Waals surface area contributed by atoms with Gasteiger partial charge in [0.05, 0.1) is 6.54 Å². The first kappa shape index (κ1) is 14.2. The predicted molar refractivity (Wildman–Crippen MR) is 77.8 cm³/mol. The quantitative estimate of drug-likeness (QED) is 0.935. The predicted octanol–water partition coefficient (Wildman–Crippen LogP) is 2.48. The molecular weight excluding hydrogens is 290 g/mol. The number of likely N-dealkylation sites (tertiary alicyclic amines) is 1. The lowest BCUT2D eigenvalue weighted by Crippen LogP contribution is -2.46. The average Bonchev–Trinajstić information content (AvgIpc) is 3.11. The second kappa shape index (κ2) is 5.95. The van der Waals surface area contributed by atoms with Gasteiger partial charge >= 0.3 is 5.97 Å². The Balaban J connectivity index is 1.72. The number of hydrogen-bond donors (Lipinski definition) is 1. The molecule has 1 N–H and O–H groups in total. The number of thiophene rings is 1. The van der Waals surface area contributed by atoms with E-state index in [1.807, 2.05) is 21.7 Å². The maximum absolute atomic E-state index is 11.4. The Bertz CT molecular complexity index is 611. The number of carbonyl (C=O) groups is 1. The van der Waals surface area contributed by atoms with E-state index in [2.05, 4.69) is 17.1 Å². The van der Waals surface area contributed by atoms with E-state index in [9.17, 15) is 9.90 Å². The number of carboxylic acid groups (broad SMARTS) is 1. The third-order valence-electron chi connectivity index (χ3n) is 3.85. The SMILES string of the molecule is CC1CCN(Cc2nc(-c3ccsc3)no2)C(C(=O)O)C1. The molecule has 7 heteroatoms. The van der Waals surface area contributed by atoms with E-state index in [-0.39, 0.29) is 0 Å². The Morgan fingerprint density at radius 3 is 3.19 bits per heavy atom. The first-order valence-electron chi connectivity index (χ1n) is 6.95. The van der Waals surface area contributed by atoms with E-state index in [0.29, 0.717) is 30.6 Å². The fraction of sp³-hybridized carbons (Fsp3) is 0.500. The molecule has 2 unspecified atom stereocenters. The molecule has 3 rings (SSSR count). The molecule has 1 aliphatic rings. The average molecular weight is 307 g/mol. The number of aliphatic carboxylic acids is 1. The van der Waals surface area contributed by atoms with Crippen molar-refractivity contribution in [1.82, 2.24) is 15.0 Å². The minimum absolute atomic E-state index is 0.390. The summed E-state index contributed by atoms with van der Waals surface area (Å²) in [6, 6.07) is 1.47. The second-order valence-electron chi connectivity index (χ2n) is 5.48. The summed E-state index contributed by atoms with van der Waals surface area (Å²) in [5.41, 5.74) is 0.928. The lowest BCUT2D eigenvalue weighted by molar-refractivity contribution is -0.145. The summed E-state index contributed by atoms with van der Waals surface area (Å²) in [7, 11) is 0. The highest BCUT2D eigenvalue weighted by Gasteiger charge is 2.32. The maximum atomic E-state index is 11.4. The van der Waals surface area contributed by atoms with E-state index in [1.165, 1.54) is 0 Å². The van der Waals surface area contributed by atoms with Crippen LogP contribution in [0.5, 0.6) is 0 Å². The van der Waals surface area contributed by atoms with Gasteiger partial charge in [-0.15, -0.1) is 0 Å². The van der Waals surface area contributed by atoms with Crippen LogP contribution in [0, 0.1) is 5.92 Å². The summed E-state index contributed by atoms with van der Waals surface area (Å²) in [6.45, 7) is 3.23. The Kier molecular flexibility index (Phi) is 4.03. The van der Waals surface area contributed by atoms with Crippen LogP contribution in [0.1, 0.15) is 25.7 Å². The van der Waals surface area contributed by atoms with Crippen LogP contribution < -0.4 is 0 Å². The van der Waals surface area contributed by atoms with Gasteiger partial charge in [-0.2, -0.15) is 16.3 Å². The molecule has 0 aromatic carbocycles. The van der Waals surface area contributed by atoms with Gasteiger partial charge in [0.25, 0.3) is 0 Å². The highest BCUT2D eigenvalue weighted by Crippen LogP contribution is 2.25. The van der Waals surface area contributed by atoms with Crippen molar-refractivity contribution in [3.63, 3.8) is 0 Å². The molecule has 112 valence electrons. The molecule has 2 aromatic rings. The summed E-state index contributed by atoms with van der Waals surface area (Å²) >= 11 is 1.57. The molecule has 2 aromatic heterocycles. The van der Waals surface area contributed by atoms with Crippen molar-refractivity contribution in [2.75, 3.05) is 6.54 Å². The number of aromatic nitrogens is 2. The zero-order valence-corrected chi connectivity index (χ0v) is 12.5. The van der Waals surface area contributed by atoms with E-state index in [0.717, 1.165) is 18.5 Å². The molecule has 0 radical (unpaired) electrons. The molecule has 1 fully saturated rings. The molecular formula is C14H17N3O3S. The van der Waals surface area contributed by atoms with Crippen LogP contribution in [-0.4, -0.2) is 38.7 Å². The Morgan fingerprint density at radius 1 is 1.62 bits per heavy atom. The largest absolute Gasteiger partial charge is 0.480 e. The zero-order valence-electron chi connectivity index (χ0n) is 11.7. The third kappa shape index (κ3) is 3.14. The van der Waals surface area contributed by atoms with E-state index in [1.54, 1.807) is 11.3 Å². The van der Waals surface area contributed by atoms with Gasteiger partial charge in [0.15, 0.2) is 0 Å². The molecule has 0 bridgehead atoms. The molecule has 1 saturated heterocycles. The summed E-state index contributed by atoms with van der Waals surface area (Å²) in [5, 5.41) is 17.2. The van der Waals surface area contributed by atoms with Crippen LogP contribution in [0.3, 0.4) is 0 Å². The highest BCUT2D eigenvalue weighted by atomic mass is 32.1. The van der Waals surface area contributed by atoms with Crippen molar-refractivity contribution in [3.05, 3.63) is 22.7 Å². The fourth-order valence-corrected chi connectivity index (χ4v) is 3.27. The molecule has 1 aliphatic heterocycles. The third-order valence-corrected chi connectivity index (χ3v) is 4.53. The van der Waals surface area contributed by atoms with E-state index >= 15 is 0 Å². The lowest BCUT2D eigenvalue weighted by atomic mass is 9.92. The molecule has 6 nitrogen and oxygen atoms in total. The molecule has 0 aliphatic carbocycles. The van der Waals surface area contributed by atoms with Crippen molar-refractivity contribution < 1.29 is 14.4 Å². The van der Waals surface area contributed by atoms with Crippen LogP contribution in [0.15, 0.2) is 21.3 Å². The fourth-order valence-electron chi connectivity index (χ4n) is 2.64. The van der Waals surface area contributed by atoms with Gasteiger partial charge in [-0.1, -0.05) is 12.1 Å². The van der Waals surface area contributed by atoms with Crippen LogP contribution in [0.25, 0.3) is 11.4 Å². The van der Waals surface area contributed by atoms with Crippen molar-refractivity contribution in [2.45, 2.75) is 32.4 Å². The standard InChI is InChI=1S/C14H17N3O3S/c1-9-2-4-17(11(6-9)14(18)19)7-12-15-13(16-20-12)10-3-5-21-8-10/h3,5,8-9,11H,2,4,6-7H2,1H3,(H,18,19). The van der Waals surface area contributed by atoms with Crippen molar-refractivity contribution in [2.24, 2.45) is 5.92 Å². The number of rotatable bonds is 4. The smallest absolute Gasteiger partial charge is 0.320 e. The van der Waals surface area contributed by atoms with Crippen LogP contribution >= 0.6 is 11.3 Å². The van der Waals surface area contributed by atoms with Gasteiger partial charge in [0.2, 0.25) is 11.7 Å². The first-order chi connectivity index (χ1) is 10.1. The van der Waals surface area contributed by atoms with Crippen molar-refractivity contribution in [3.8, 4) is 11.4 Å². The van der Waals surface area contributed by atoms with Gasteiger partial charge in [0.1, 0.15) is 6.04 Å². The molecule has 0 amide bonds. The number of hydrogen-bond acceptors (Lipinski definition) is 6. The number of carboxylic acids is 1. The van der Waals surface area contributed by atoms with Gasteiger partial charge < -0.3 is 9.63 Å². The van der Waals surface area contributed by atoms with E-state index < -0.39 is 12.0 Å². The van der Waals surface area contributed by atoms with Gasteiger partial charge in [0, 0.05) is 10.9 Å². The van der Waals surface area contributed by atoms with Crippen LogP contribution in [0.2, 0.25) is 0 Å². The van der Waals surface area contributed by atoms with Gasteiger partial charge in [-0.3, -0.25) is 9.69 Å². The number of piperidine rings is 1.